The molecule has 0 bridgehead atoms. The summed E-state index contributed by atoms with van der Waals surface area (Å²) in [5.74, 6) is 0.452. The predicted molar refractivity (Wildman–Crippen MR) is 95.7 cm³/mol. The number of anilines is 1. The lowest BCUT2D eigenvalue weighted by Gasteiger charge is -2.21. The first-order valence-electron chi connectivity index (χ1n) is 7.35. The molecule has 1 heterocycles. The zero-order valence-corrected chi connectivity index (χ0v) is 15.0. The fourth-order valence-electron chi connectivity index (χ4n) is 2.19. The average molecular weight is 330 g/mol. The highest BCUT2D eigenvalue weighted by atomic mass is 32.2. The first kappa shape index (κ1) is 17.3. The smallest absolute Gasteiger partial charge is 0.258 e. The van der Waals surface area contributed by atoms with Crippen LogP contribution in [0.2, 0.25) is 0 Å². The molecule has 1 N–H and O–H groups in total. The molecule has 23 heavy (non-hydrogen) atoms. The van der Waals surface area contributed by atoms with Crippen molar-refractivity contribution >= 4 is 23.4 Å². The molecule has 0 fully saturated rings. The van der Waals surface area contributed by atoms with Gasteiger partial charge >= 0.3 is 0 Å². The second kappa shape index (κ2) is 7.04. The molecule has 5 heteroatoms. The predicted octanol–water partition coefficient (Wildman–Crippen LogP) is 4.36. The van der Waals surface area contributed by atoms with E-state index in [0.29, 0.717) is 22.0 Å². The van der Waals surface area contributed by atoms with Gasteiger partial charge in [0, 0.05) is 6.20 Å². The number of hydrogen-bond acceptors (Lipinski definition) is 4. The van der Waals surface area contributed by atoms with Gasteiger partial charge in [-0.25, -0.2) is 4.98 Å². The summed E-state index contributed by atoms with van der Waals surface area (Å²) >= 11 is 1.45. The number of aromatic nitrogens is 1. The molecule has 1 amide bonds. The zero-order chi connectivity index (χ0) is 17.0. The van der Waals surface area contributed by atoms with Gasteiger partial charge in [-0.1, -0.05) is 26.8 Å². The van der Waals surface area contributed by atoms with E-state index in [2.05, 4.69) is 31.1 Å². The first-order valence-corrected chi connectivity index (χ1v) is 8.58. The third-order valence-electron chi connectivity index (χ3n) is 3.52. The second-order valence-corrected chi connectivity index (χ2v) is 6.97. The van der Waals surface area contributed by atoms with Crippen molar-refractivity contribution in [2.75, 3.05) is 18.7 Å². The minimum Gasteiger partial charge on any atom is -0.495 e. The number of rotatable bonds is 4. The lowest BCUT2D eigenvalue weighted by Crippen LogP contribution is -2.16. The van der Waals surface area contributed by atoms with Crippen LogP contribution in [0.3, 0.4) is 0 Å². The van der Waals surface area contributed by atoms with Gasteiger partial charge in [0.25, 0.3) is 5.91 Å². The number of pyridine rings is 1. The van der Waals surface area contributed by atoms with Crippen LogP contribution in [-0.2, 0) is 5.41 Å². The Labute approximate surface area is 141 Å². The molecule has 0 spiro atoms. The molecule has 122 valence electrons. The fourth-order valence-corrected chi connectivity index (χ4v) is 2.74. The maximum atomic E-state index is 12.6. The molecule has 0 atom stereocenters. The van der Waals surface area contributed by atoms with Crippen molar-refractivity contribution in [3.05, 3.63) is 47.7 Å². The molecule has 0 saturated carbocycles. The number of nitrogens with zero attached hydrogens (tertiary/aromatic N) is 1. The van der Waals surface area contributed by atoms with Crippen LogP contribution in [0.4, 0.5) is 5.69 Å². The summed E-state index contributed by atoms with van der Waals surface area (Å²) in [5.41, 5.74) is 2.35. The van der Waals surface area contributed by atoms with Crippen LogP contribution >= 0.6 is 11.8 Å². The van der Waals surface area contributed by atoms with E-state index in [9.17, 15) is 4.79 Å². The summed E-state index contributed by atoms with van der Waals surface area (Å²) in [6.07, 6.45) is 3.59. The van der Waals surface area contributed by atoms with Crippen molar-refractivity contribution in [1.82, 2.24) is 4.98 Å². The van der Waals surface area contributed by atoms with E-state index in [1.165, 1.54) is 11.8 Å². The van der Waals surface area contributed by atoms with Crippen LogP contribution in [0, 0.1) is 0 Å². The van der Waals surface area contributed by atoms with Crippen LogP contribution in [0.25, 0.3) is 0 Å². The molecule has 1 aromatic carbocycles. The van der Waals surface area contributed by atoms with Crippen molar-refractivity contribution in [3.8, 4) is 5.75 Å². The monoisotopic (exact) mass is 330 g/mol. The molecular weight excluding hydrogens is 308 g/mol. The SMILES string of the molecule is COc1ccc(C(C)(C)C)cc1NC(=O)c1cccnc1SC. The standard InChI is InChI=1S/C18H22N2O2S/c1-18(2,3)12-8-9-15(22-4)14(11-12)20-16(21)13-7-6-10-19-17(13)23-5/h6-11H,1-5H3,(H,20,21). The molecule has 4 nitrogen and oxygen atoms in total. The van der Waals surface area contributed by atoms with Crippen LogP contribution in [0.1, 0.15) is 36.7 Å². The second-order valence-electron chi connectivity index (χ2n) is 6.18. The van der Waals surface area contributed by atoms with E-state index >= 15 is 0 Å². The normalized spacial score (nSPS) is 11.2. The number of ether oxygens (including phenoxy) is 1. The van der Waals surface area contributed by atoms with Crippen molar-refractivity contribution in [1.29, 1.82) is 0 Å². The van der Waals surface area contributed by atoms with Gasteiger partial charge in [-0.15, -0.1) is 11.8 Å². The summed E-state index contributed by atoms with van der Waals surface area (Å²) in [6.45, 7) is 6.40. The van der Waals surface area contributed by atoms with Gasteiger partial charge in [0.2, 0.25) is 0 Å². The summed E-state index contributed by atoms with van der Waals surface area (Å²) in [6, 6.07) is 9.40. The number of carbonyl (C=O) groups excluding carboxylic acids is 1. The van der Waals surface area contributed by atoms with Gasteiger partial charge in [0.15, 0.2) is 0 Å². The highest BCUT2D eigenvalue weighted by molar-refractivity contribution is 7.98. The lowest BCUT2D eigenvalue weighted by atomic mass is 9.87. The molecule has 0 unspecified atom stereocenters. The van der Waals surface area contributed by atoms with Crippen LogP contribution in [0.5, 0.6) is 5.75 Å². The summed E-state index contributed by atoms with van der Waals surface area (Å²) in [7, 11) is 1.60. The Hall–Kier alpha value is -2.01. The molecule has 2 rings (SSSR count). The van der Waals surface area contributed by atoms with E-state index in [1.54, 1.807) is 25.4 Å². The van der Waals surface area contributed by atoms with Gasteiger partial charge in [0.05, 0.1) is 18.4 Å². The number of hydrogen-bond donors (Lipinski definition) is 1. The average Bonchev–Trinajstić information content (AvgIpc) is 2.53. The number of methoxy groups -OCH3 is 1. The number of thioether (sulfide) groups is 1. The van der Waals surface area contributed by atoms with Crippen molar-refractivity contribution in [2.45, 2.75) is 31.2 Å². The van der Waals surface area contributed by atoms with Gasteiger partial charge in [-0.3, -0.25) is 4.79 Å². The molecule has 0 aliphatic heterocycles. The molecule has 0 aliphatic carbocycles. The number of carbonyl (C=O) groups is 1. The van der Waals surface area contributed by atoms with Gasteiger partial charge in [0.1, 0.15) is 10.8 Å². The van der Waals surface area contributed by atoms with Gasteiger partial charge in [-0.2, -0.15) is 0 Å². The minimum absolute atomic E-state index is 0.00944. The van der Waals surface area contributed by atoms with Crippen LogP contribution in [-0.4, -0.2) is 24.3 Å². The first-order chi connectivity index (χ1) is 10.9. The van der Waals surface area contributed by atoms with E-state index in [-0.39, 0.29) is 11.3 Å². The highest BCUT2D eigenvalue weighted by Gasteiger charge is 2.18. The fraction of sp³-hybridized carbons (Fsp3) is 0.333. The third kappa shape index (κ3) is 4.05. The van der Waals surface area contributed by atoms with E-state index < -0.39 is 0 Å². The highest BCUT2D eigenvalue weighted by Crippen LogP contribution is 2.32. The Morgan fingerprint density at radius 3 is 2.61 bits per heavy atom. The quantitative estimate of drug-likeness (QED) is 0.846. The Morgan fingerprint density at radius 1 is 1.26 bits per heavy atom. The Balaban J connectivity index is 2.36. The molecule has 0 aliphatic rings. The summed E-state index contributed by atoms with van der Waals surface area (Å²) in [5, 5.41) is 3.65. The van der Waals surface area contributed by atoms with Gasteiger partial charge < -0.3 is 10.1 Å². The number of nitrogens with one attached hydrogen (secondary N) is 1. The van der Waals surface area contributed by atoms with Crippen molar-refractivity contribution in [3.63, 3.8) is 0 Å². The van der Waals surface area contributed by atoms with Crippen molar-refractivity contribution < 1.29 is 9.53 Å². The Bertz CT molecular complexity index is 708. The van der Waals surface area contributed by atoms with Crippen LogP contribution in [0.15, 0.2) is 41.6 Å². The van der Waals surface area contributed by atoms with E-state index in [4.69, 9.17) is 4.74 Å². The number of benzene rings is 1. The van der Waals surface area contributed by atoms with E-state index in [1.807, 2.05) is 24.5 Å². The van der Waals surface area contributed by atoms with Crippen molar-refractivity contribution in [2.24, 2.45) is 0 Å². The third-order valence-corrected chi connectivity index (χ3v) is 4.23. The minimum atomic E-state index is -0.188. The van der Waals surface area contributed by atoms with Crippen LogP contribution < -0.4 is 10.1 Å². The maximum Gasteiger partial charge on any atom is 0.258 e. The molecule has 1 aromatic heterocycles. The topological polar surface area (TPSA) is 51.2 Å². The maximum absolute atomic E-state index is 12.6. The number of amides is 1. The Morgan fingerprint density at radius 2 is 2.00 bits per heavy atom. The zero-order valence-electron chi connectivity index (χ0n) is 14.1. The lowest BCUT2D eigenvalue weighted by molar-refractivity contribution is 0.102. The molecular formula is C18H22N2O2S. The molecule has 0 saturated heterocycles. The Kier molecular flexibility index (Phi) is 5.31. The summed E-state index contributed by atoms with van der Waals surface area (Å²) in [4.78, 5) is 16.8. The molecule has 0 radical (unpaired) electrons. The van der Waals surface area contributed by atoms with Gasteiger partial charge in [-0.05, 0) is 41.5 Å². The summed E-state index contributed by atoms with van der Waals surface area (Å²) < 4.78 is 5.37. The largest absolute Gasteiger partial charge is 0.495 e. The molecule has 2 aromatic rings. The van der Waals surface area contributed by atoms with E-state index in [0.717, 1.165) is 5.56 Å².